The highest BCUT2D eigenvalue weighted by molar-refractivity contribution is 6.99. The van der Waals surface area contributed by atoms with E-state index >= 15 is 0 Å². The standard InChI is InChI=1S/C13H12Si/c1-14-11-5-2-6-12(14)8-4-10-13(14)9-3-7-11/h2-10H,1H3. The maximum absolute atomic E-state index is 2.44. The van der Waals surface area contributed by atoms with E-state index in [9.17, 15) is 0 Å². The summed E-state index contributed by atoms with van der Waals surface area (Å²) in [5, 5.41) is 4.61. The number of rotatable bonds is 0. The van der Waals surface area contributed by atoms with Crippen molar-refractivity contribution in [3.8, 4) is 0 Å². The Balaban J connectivity index is 2.32. The highest BCUT2D eigenvalue weighted by atomic mass is 28.3. The van der Waals surface area contributed by atoms with Crippen LogP contribution in [0.4, 0.5) is 0 Å². The molecule has 0 nitrogen and oxygen atoms in total. The van der Waals surface area contributed by atoms with Crippen LogP contribution in [0.1, 0.15) is 0 Å². The van der Waals surface area contributed by atoms with Crippen LogP contribution in [-0.2, 0) is 0 Å². The van der Waals surface area contributed by atoms with E-state index in [1.54, 1.807) is 0 Å². The van der Waals surface area contributed by atoms with Crippen LogP contribution < -0.4 is 0 Å². The van der Waals surface area contributed by atoms with E-state index in [1.165, 1.54) is 15.6 Å². The summed E-state index contributed by atoms with van der Waals surface area (Å²) in [6.45, 7) is 2.44. The van der Waals surface area contributed by atoms with Crippen LogP contribution in [-0.4, -0.2) is 8.07 Å². The van der Waals surface area contributed by atoms with Gasteiger partial charge in [-0.1, -0.05) is 61.2 Å². The SMILES string of the molecule is C[Si]12C3=CC=CC1=CC=CC2=CC=C3. The predicted molar refractivity (Wildman–Crippen MR) is 63.3 cm³/mol. The second kappa shape index (κ2) is 2.58. The van der Waals surface area contributed by atoms with Gasteiger partial charge in [-0.2, -0.15) is 0 Å². The Hall–Kier alpha value is -1.34. The van der Waals surface area contributed by atoms with Gasteiger partial charge in [0.2, 0.25) is 0 Å². The first kappa shape index (κ1) is 8.01. The lowest BCUT2D eigenvalue weighted by molar-refractivity contribution is 1.50. The summed E-state index contributed by atoms with van der Waals surface area (Å²) in [6.07, 6.45) is 20.1. The molecule has 0 radical (unpaired) electrons. The monoisotopic (exact) mass is 196 g/mol. The van der Waals surface area contributed by atoms with Gasteiger partial charge in [-0.15, -0.1) is 0 Å². The van der Waals surface area contributed by atoms with Crippen molar-refractivity contribution in [2.75, 3.05) is 0 Å². The van der Waals surface area contributed by atoms with Gasteiger partial charge in [0.05, 0.1) is 0 Å². The molecule has 0 spiro atoms. The Bertz CT molecular complexity index is 398. The zero-order chi connectivity index (χ0) is 9.60. The summed E-state index contributed by atoms with van der Waals surface area (Å²) in [6, 6.07) is 0. The van der Waals surface area contributed by atoms with Gasteiger partial charge in [-0.25, -0.2) is 0 Å². The molecule has 0 saturated heterocycles. The quantitative estimate of drug-likeness (QED) is 0.522. The Labute approximate surface area is 85.3 Å². The second-order valence-corrected chi connectivity index (χ2v) is 8.05. The number of hydrogen-bond acceptors (Lipinski definition) is 0. The van der Waals surface area contributed by atoms with Crippen LogP contribution >= 0.6 is 0 Å². The molecule has 0 aromatic carbocycles. The number of hydrogen-bond donors (Lipinski definition) is 0. The predicted octanol–water partition coefficient (Wildman–Crippen LogP) is 3.17. The van der Waals surface area contributed by atoms with Crippen molar-refractivity contribution < 1.29 is 0 Å². The average Bonchev–Trinajstić information content (AvgIpc) is 2.18. The van der Waals surface area contributed by atoms with Crippen molar-refractivity contribution in [3.05, 3.63) is 70.3 Å². The first-order chi connectivity index (χ1) is 6.82. The molecule has 0 aliphatic carbocycles. The maximum Gasteiger partial charge on any atom is 0.145 e. The molecule has 1 heteroatoms. The van der Waals surface area contributed by atoms with Crippen molar-refractivity contribution in [3.63, 3.8) is 0 Å². The molecule has 0 bridgehead atoms. The van der Waals surface area contributed by atoms with Gasteiger partial charge in [0.1, 0.15) is 8.07 Å². The topological polar surface area (TPSA) is 0 Å². The van der Waals surface area contributed by atoms with E-state index in [-0.39, 0.29) is 0 Å². The van der Waals surface area contributed by atoms with Crippen molar-refractivity contribution in [1.82, 2.24) is 0 Å². The molecule has 0 saturated carbocycles. The molecular weight excluding hydrogens is 184 g/mol. The highest BCUT2D eigenvalue weighted by Gasteiger charge is 2.39. The van der Waals surface area contributed by atoms with Crippen molar-refractivity contribution in [2.24, 2.45) is 0 Å². The smallest absolute Gasteiger partial charge is 0.0624 e. The van der Waals surface area contributed by atoms with Crippen molar-refractivity contribution in [2.45, 2.75) is 6.55 Å². The second-order valence-electron chi connectivity index (χ2n) is 4.07. The largest absolute Gasteiger partial charge is 0.145 e. The summed E-state index contributed by atoms with van der Waals surface area (Å²) in [7, 11) is -1.48. The molecule has 3 aliphatic rings. The third-order valence-electron chi connectivity index (χ3n) is 3.39. The molecule has 0 aromatic rings. The lowest BCUT2D eigenvalue weighted by Crippen LogP contribution is -2.41. The van der Waals surface area contributed by atoms with E-state index in [1.807, 2.05) is 0 Å². The van der Waals surface area contributed by atoms with Gasteiger partial charge in [0.15, 0.2) is 0 Å². The molecule has 14 heavy (non-hydrogen) atoms. The number of allylic oxidation sites excluding steroid dienone is 12. The fourth-order valence-electron chi connectivity index (χ4n) is 2.43. The maximum atomic E-state index is 2.44. The van der Waals surface area contributed by atoms with Crippen LogP contribution in [0.15, 0.2) is 70.3 Å². The third-order valence-corrected chi connectivity index (χ3v) is 7.85. The van der Waals surface area contributed by atoms with Gasteiger partial charge in [0, 0.05) is 0 Å². The molecule has 0 amide bonds. The fourth-order valence-corrected chi connectivity index (χ4v) is 6.01. The summed E-state index contributed by atoms with van der Waals surface area (Å²) in [4.78, 5) is 0. The normalized spacial score (nSPS) is 25.1. The molecule has 0 atom stereocenters. The van der Waals surface area contributed by atoms with Crippen LogP contribution in [0.2, 0.25) is 6.55 Å². The summed E-state index contributed by atoms with van der Waals surface area (Å²) < 4.78 is 0. The molecule has 68 valence electrons. The Kier molecular flexibility index (Phi) is 1.47. The van der Waals surface area contributed by atoms with Crippen molar-refractivity contribution >= 4 is 8.07 Å². The molecule has 0 N–H and O–H groups in total. The van der Waals surface area contributed by atoms with E-state index in [4.69, 9.17) is 0 Å². The molecule has 3 heterocycles. The molecular formula is C13H12Si. The average molecular weight is 196 g/mol. The minimum atomic E-state index is -1.48. The summed E-state index contributed by atoms with van der Waals surface area (Å²) >= 11 is 0. The minimum absolute atomic E-state index is 1.48. The highest BCUT2D eigenvalue weighted by Crippen LogP contribution is 2.39. The van der Waals surface area contributed by atoms with Crippen LogP contribution in [0.3, 0.4) is 0 Å². The third kappa shape index (κ3) is 0.827. The van der Waals surface area contributed by atoms with Gasteiger partial charge in [0.25, 0.3) is 0 Å². The molecule has 0 fully saturated rings. The first-order valence-electron chi connectivity index (χ1n) is 4.98. The van der Waals surface area contributed by atoms with Crippen LogP contribution in [0.5, 0.6) is 0 Å². The zero-order valence-electron chi connectivity index (χ0n) is 8.20. The first-order valence-corrected chi connectivity index (χ1v) is 7.48. The lowest BCUT2D eigenvalue weighted by atomic mass is 10.3. The van der Waals surface area contributed by atoms with Gasteiger partial charge in [-0.3, -0.25) is 0 Å². The van der Waals surface area contributed by atoms with E-state index in [2.05, 4.69) is 61.2 Å². The minimum Gasteiger partial charge on any atom is -0.0624 e. The zero-order valence-corrected chi connectivity index (χ0v) is 9.20. The molecule has 0 unspecified atom stereocenters. The Morgan fingerprint density at radius 3 is 1.43 bits per heavy atom. The molecule has 3 aliphatic heterocycles. The summed E-state index contributed by atoms with van der Waals surface area (Å²) in [5.41, 5.74) is 0. The lowest BCUT2D eigenvalue weighted by Gasteiger charge is -2.37. The van der Waals surface area contributed by atoms with Gasteiger partial charge >= 0.3 is 0 Å². The van der Waals surface area contributed by atoms with Crippen molar-refractivity contribution in [1.29, 1.82) is 0 Å². The molecule has 0 aromatic heterocycles. The molecule has 3 rings (SSSR count). The van der Waals surface area contributed by atoms with E-state index < -0.39 is 8.07 Å². The van der Waals surface area contributed by atoms with Crippen LogP contribution in [0.25, 0.3) is 0 Å². The van der Waals surface area contributed by atoms with Gasteiger partial charge in [-0.05, 0) is 15.6 Å². The Morgan fingerprint density at radius 1 is 0.714 bits per heavy atom. The fraction of sp³-hybridized carbons (Fsp3) is 0.0769. The van der Waals surface area contributed by atoms with E-state index in [0.717, 1.165) is 0 Å². The Morgan fingerprint density at radius 2 is 1.07 bits per heavy atom. The summed E-state index contributed by atoms with van der Waals surface area (Å²) in [5.74, 6) is 0. The van der Waals surface area contributed by atoms with Crippen LogP contribution in [0, 0.1) is 0 Å². The van der Waals surface area contributed by atoms with E-state index in [0.29, 0.717) is 0 Å². The van der Waals surface area contributed by atoms with Gasteiger partial charge < -0.3 is 0 Å².